The van der Waals surface area contributed by atoms with E-state index in [2.05, 4.69) is 83.5 Å². The van der Waals surface area contributed by atoms with Crippen LogP contribution in [-0.2, 0) is 46.4 Å². The molecule has 8 rings (SSSR count). The Morgan fingerprint density at radius 1 is 0.570 bits per heavy atom. The number of hydrogen-bond acceptors (Lipinski definition) is 17. The highest BCUT2D eigenvalue weighted by molar-refractivity contribution is 7.90. The summed E-state index contributed by atoms with van der Waals surface area (Å²) in [5.74, 6) is -3.00. The van der Waals surface area contributed by atoms with Crippen LogP contribution in [0.15, 0.2) is 107 Å². The number of rotatable bonds is 18. The normalized spacial score (nSPS) is 16.6. The number of piperidine rings is 2. The monoisotopic (exact) mass is 1320 g/mol. The van der Waals surface area contributed by atoms with Crippen molar-refractivity contribution in [2.24, 2.45) is 11.8 Å². The van der Waals surface area contributed by atoms with Crippen molar-refractivity contribution in [2.75, 3.05) is 36.8 Å². The summed E-state index contributed by atoms with van der Waals surface area (Å²) in [6.45, 7) is 32.7. The number of amides is 3. The van der Waals surface area contributed by atoms with Crippen LogP contribution in [0.3, 0.4) is 0 Å². The maximum absolute atomic E-state index is 14.8. The molecule has 20 nitrogen and oxygen atoms in total. The summed E-state index contributed by atoms with van der Waals surface area (Å²) < 4.78 is 91.7. The van der Waals surface area contributed by atoms with Crippen molar-refractivity contribution in [2.45, 2.75) is 205 Å². The molecule has 2 saturated heterocycles. The van der Waals surface area contributed by atoms with Crippen molar-refractivity contribution in [3.8, 4) is 0 Å². The molecule has 0 bridgehead atoms. The van der Waals surface area contributed by atoms with Crippen LogP contribution >= 0.6 is 0 Å². The second-order valence-corrected chi connectivity index (χ2v) is 32.6. The van der Waals surface area contributed by atoms with Gasteiger partial charge in [0.15, 0.2) is 10.1 Å². The molecule has 2 aliphatic rings. The van der Waals surface area contributed by atoms with Gasteiger partial charge in [0.05, 0.1) is 34.6 Å². The van der Waals surface area contributed by atoms with Crippen molar-refractivity contribution >= 4 is 49.6 Å². The van der Waals surface area contributed by atoms with Gasteiger partial charge in [-0.3, -0.25) is 19.6 Å². The molecule has 504 valence electrons. The summed E-state index contributed by atoms with van der Waals surface area (Å²) in [5, 5.41) is 9.42. The number of ether oxygens (including phenoxy) is 1. The van der Waals surface area contributed by atoms with E-state index in [1.165, 1.54) is 42.5 Å². The Hall–Kier alpha value is -7.57. The van der Waals surface area contributed by atoms with Crippen molar-refractivity contribution in [3.63, 3.8) is 0 Å². The third kappa shape index (κ3) is 21.0. The van der Waals surface area contributed by atoms with E-state index < -0.39 is 76.3 Å². The van der Waals surface area contributed by atoms with Gasteiger partial charge < -0.3 is 25.6 Å². The Bertz CT molecular complexity index is 3800. The lowest BCUT2D eigenvalue weighted by molar-refractivity contribution is 0.0160. The molecule has 3 amide bonds. The second kappa shape index (κ2) is 29.8. The predicted octanol–water partition coefficient (Wildman–Crippen LogP) is 13.0. The van der Waals surface area contributed by atoms with Crippen LogP contribution in [0.1, 0.15) is 222 Å². The molecule has 93 heavy (non-hydrogen) atoms. The third-order valence-electron chi connectivity index (χ3n) is 16.1. The lowest BCUT2D eigenvalue weighted by Gasteiger charge is -2.34. The molecule has 2 aliphatic heterocycles. The first-order valence-electron chi connectivity index (χ1n) is 31.8. The molecule has 0 saturated carbocycles. The molecule has 8 heterocycles. The number of carbonyl (C=O) groups is 3. The maximum atomic E-state index is 14.8. The van der Waals surface area contributed by atoms with E-state index in [1.54, 1.807) is 23.1 Å². The second-order valence-electron chi connectivity index (χ2n) is 29.3. The quantitative estimate of drug-likeness (QED) is 0.0501. The Kier molecular flexibility index (Phi) is 23.3. The minimum atomic E-state index is -4.47. The number of hydrogen-bond donors (Lipinski definition) is 5. The number of aromatic nitrogens is 6. The zero-order valence-electron chi connectivity index (χ0n) is 56.5. The van der Waals surface area contributed by atoms with Gasteiger partial charge in [-0.1, -0.05) is 107 Å². The standard InChI is InChI=1S/C37H51FN6O5S.C32H43FN6O3S/c1-35(2,3)25-16-19-27(39-22-25)28(18-15-24-12-11-21-44(23-24)34(46)49-37(7,8)9)40-30-13-10-14-31(42-30)50(47,48)43-33(45)26-17-20-29(36(4,5)6)41-32(26)38;1-31(2,3)22-13-16-24(35-20-22)25(15-12-21-9-8-18-34-19-21)36-27-10-7-11-28(38-27)43(41,42)39-30(40)23-14-17-26(32(4,5)6)37-29(23)33/h10,13-14,16-17,19-20,22,24,28H,11-12,15,18,21,23H2,1-9H3,(H,40,42)(H,43,45);7,10-11,13-14,16-17,20-21,25,34H,8-9,12,15,18-19H2,1-6H3,(H,36,38)(H,39,40)/t24-,28?;21-,25?/m11/s1. The van der Waals surface area contributed by atoms with E-state index in [4.69, 9.17) is 14.7 Å². The Labute approximate surface area is 548 Å². The number of carbonyl (C=O) groups excluding carboxylic acids is 3. The molecule has 6 aromatic rings. The minimum Gasteiger partial charge on any atom is -0.444 e. The highest BCUT2D eigenvalue weighted by Crippen LogP contribution is 2.33. The van der Waals surface area contributed by atoms with E-state index in [9.17, 15) is 40.0 Å². The minimum absolute atomic E-state index is 0.0372. The van der Waals surface area contributed by atoms with Crippen LogP contribution in [0.25, 0.3) is 0 Å². The maximum Gasteiger partial charge on any atom is 0.410 e. The van der Waals surface area contributed by atoms with Crippen molar-refractivity contribution in [1.82, 2.24) is 49.6 Å². The first-order valence-corrected chi connectivity index (χ1v) is 34.8. The molecule has 24 heteroatoms. The Balaban J connectivity index is 0.000000266. The van der Waals surface area contributed by atoms with Gasteiger partial charge in [0.2, 0.25) is 11.9 Å². The number of likely N-dealkylation sites (tertiary alicyclic amines) is 1. The van der Waals surface area contributed by atoms with Gasteiger partial charge in [0, 0.05) is 47.7 Å². The van der Waals surface area contributed by atoms with Crippen LogP contribution in [0.4, 0.5) is 25.2 Å². The average Bonchev–Trinajstić information content (AvgIpc) is 0.888. The summed E-state index contributed by atoms with van der Waals surface area (Å²) in [5.41, 5.74) is 2.09. The average molecular weight is 1320 g/mol. The van der Waals surface area contributed by atoms with Crippen LogP contribution < -0.4 is 25.4 Å². The van der Waals surface area contributed by atoms with Gasteiger partial charge in [-0.15, -0.1) is 0 Å². The molecule has 2 fully saturated rings. The molecule has 5 N–H and O–H groups in total. The van der Waals surface area contributed by atoms with Crippen LogP contribution in [0.5, 0.6) is 0 Å². The fourth-order valence-corrected chi connectivity index (χ4v) is 12.5. The lowest BCUT2D eigenvalue weighted by Crippen LogP contribution is -2.43. The highest BCUT2D eigenvalue weighted by Gasteiger charge is 2.32. The van der Waals surface area contributed by atoms with Gasteiger partial charge in [-0.05, 0) is 180 Å². The smallest absolute Gasteiger partial charge is 0.410 e. The number of nitrogens with one attached hydrogen (secondary N) is 5. The SMILES string of the molecule is CC(C)(C)OC(=O)N1CCC[C@H](CCC(Nc2cccc(S(=O)(=O)NC(=O)c3ccc(C(C)(C)C)nc3F)n2)c2ccc(C(C)(C)C)cn2)C1.CC(C)(C)c1ccc(C(CC[C@H]2CCCNC2)Nc2cccc(S(=O)(=O)NC(=O)c3ccc(C(C)(C)C)nc3F)n2)nc1. The first kappa shape index (κ1) is 72.8. The number of anilines is 2. The first-order chi connectivity index (χ1) is 43.3. The molecular formula is C69H94F2N12O8S2. The van der Waals surface area contributed by atoms with Gasteiger partial charge in [-0.25, -0.2) is 34.2 Å². The number of pyridine rings is 6. The molecule has 2 unspecified atom stereocenters. The molecule has 6 aromatic heterocycles. The van der Waals surface area contributed by atoms with Gasteiger partial charge in [-0.2, -0.15) is 25.6 Å². The zero-order chi connectivity index (χ0) is 68.5. The van der Waals surface area contributed by atoms with Crippen molar-refractivity contribution in [1.29, 1.82) is 0 Å². The Morgan fingerprint density at radius 2 is 1.01 bits per heavy atom. The van der Waals surface area contributed by atoms with Crippen molar-refractivity contribution in [3.05, 3.63) is 154 Å². The summed E-state index contributed by atoms with van der Waals surface area (Å²) in [7, 11) is -8.88. The predicted molar refractivity (Wildman–Crippen MR) is 357 cm³/mol. The molecule has 4 atom stereocenters. The van der Waals surface area contributed by atoms with Crippen molar-refractivity contribution < 1.29 is 44.7 Å². The topological polar surface area (TPSA) is 269 Å². The van der Waals surface area contributed by atoms with E-state index in [0.717, 1.165) is 80.6 Å². The molecule has 0 radical (unpaired) electrons. The molecular weight excluding hydrogens is 1230 g/mol. The summed E-state index contributed by atoms with van der Waals surface area (Å²) in [4.78, 5) is 66.1. The molecule has 0 aromatic carbocycles. The summed E-state index contributed by atoms with van der Waals surface area (Å²) >= 11 is 0. The lowest BCUT2D eigenvalue weighted by atomic mass is 9.87. The number of nitrogens with zero attached hydrogens (tertiary/aromatic N) is 7. The van der Waals surface area contributed by atoms with Gasteiger partial charge in [0.25, 0.3) is 31.9 Å². The van der Waals surface area contributed by atoms with E-state index in [0.29, 0.717) is 42.6 Å². The molecule has 0 spiro atoms. The van der Waals surface area contributed by atoms with Crippen LogP contribution in [-0.4, -0.2) is 101 Å². The Morgan fingerprint density at radius 3 is 1.39 bits per heavy atom. The van der Waals surface area contributed by atoms with E-state index in [1.807, 2.05) is 102 Å². The van der Waals surface area contributed by atoms with Crippen LogP contribution in [0, 0.1) is 23.7 Å². The van der Waals surface area contributed by atoms with E-state index in [-0.39, 0.29) is 45.8 Å². The summed E-state index contributed by atoms with van der Waals surface area (Å²) in [6, 6.07) is 21.9. The molecule has 0 aliphatic carbocycles. The summed E-state index contributed by atoms with van der Waals surface area (Å²) in [6.07, 6.45) is 10.7. The largest absolute Gasteiger partial charge is 0.444 e. The highest BCUT2D eigenvalue weighted by atomic mass is 32.2. The zero-order valence-corrected chi connectivity index (χ0v) is 58.1. The fourth-order valence-electron chi connectivity index (χ4n) is 10.6. The number of halogens is 2. The fraction of sp³-hybridized carbons (Fsp3) is 0.522. The van der Waals surface area contributed by atoms with E-state index >= 15 is 0 Å². The number of sulfonamides is 2. The van der Waals surface area contributed by atoms with Crippen LogP contribution in [0.2, 0.25) is 0 Å². The third-order valence-corrected chi connectivity index (χ3v) is 18.6. The van der Waals surface area contributed by atoms with Gasteiger partial charge in [0.1, 0.15) is 17.2 Å². The van der Waals surface area contributed by atoms with Gasteiger partial charge >= 0.3 is 6.09 Å².